The van der Waals surface area contributed by atoms with Gasteiger partial charge in [-0.3, -0.25) is 0 Å². The standard InChI is InChI=1S/C19H26N2O4S/c1-4-24-17(22)19(20-10-11-26-19)16(12-14(2)3)21-18(23)25-13-15-8-6-5-7-9-15/h5-11,14,16,20H,4,12-13H2,1-3H3,(H,21,23)/t16-,19?/m0/s1. The average molecular weight is 378 g/mol. The van der Waals surface area contributed by atoms with Crippen molar-refractivity contribution in [3.63, 3.8) is 0 Å². The third-order valence-electron chi connectivity index (χ3n) is 3.90. The van der Waals surface area contributed by atoms with E-state index in [4.69, 9.17) is 9.47 Å². The van der Waals surface area contributed by atoms with Crippen molar-refractivity contribution in [2.45, 2.75) is 44.7 Å². The lowest BCUT2D eigenvalue weighted by molar-refractivity contribution is -0.147. The third-order valence-corrected chi connectivity index (χ3v) is 5.11. The maximum atomic E-state index is 12.6. The van der Waals surface area contributed by atoms with Crippen molar-refractivity contribution in [1.29, 1.82) is 0 Å². The van der Waals surface area contributed by atoms with Crippen LogP contribution in [0.5, 0.6) is 0 Å². The first-order chi connectivity index (χ1) is 12.5. The lowest BCUT2D eigenvalue weighted by Gasteiger charge is -2.35. The molecule has 0 spiro atoms. The molecule has 0 aromatic heterocycles. The first-order valence-corrected chi connectivity index (χ1v) is 9.61. The number of rotatable bonds is 8. The normalized spacial score (nSPS) is 19.7. The van der Waals surface area contributed by atoms with Crippen LogP contribution in [0.2, 0.25) is 0 Å². The molecule has 1 aromatic rings. The van der Waals surface area contributed by atoms with Gasteiger partial charge in [-0.05, 0) is 30.2 Å². The molecular formula is C19H26N2O4S. The summed E-state index contributed by atoms with van der Waals surface area (Å²) in [5.41, 5.74) is 0.901. The van der Waals surface area contributed by atoms with Crippen molar-refractivity contribution in [3.8, 4) is 0 Å². The highest BCUT2D eigenvalue weighted by molar-refractivity contribution is 8.04. The number of alkyl carbamates (subject to hydrolysis) is 1. The first kappa shape index (κ1) is 20.2. The van der Waals surface area contributed by atoms with Crippen LogP contribution >= 0.6 is 11.8 Å². The zero-order valence-electron chi connectivity index (χ0n) is 15.4. The van der Waals surface area contributed by atoms with Crippen molar-refractivity contribution in [2.75, 3.05) is 6.61 Å². The number of carbonyl (C=O) groups is 2. The average Bonchev–Trinajstić information content (AvgIpc) is 3.11. The van der Waals surface area contributed by atoms with Crippen molar-refractivity contribution in [3.05, 3.63) is 47.5 Å². The Kier molecular flexibility index (Phi) is 7.38. The van der Waals surface area contributed by atoms with Crippen molar-refractivity contribution >= 4 is 23.8 Å². The zero-order chi connectivity index (χ0) is 19.0. The smallest absolute Gasteiger partial charge is 0.407 e. The molecule has 0 radical (unpaired) electrons. The molecule has 1 heterocycles. The van der Waals surface area contributed by atoms with Gasteiger partial charge in [-0.15, -0.1) is 0 Å². The van der Waals surface area contributed by atoms with Gasteiger partial charge in [-0.2, -0.15) is 0 Å². The number of amides is 1. The van der Waals surface area contributed by atoms with Gasteiger partial charge in [0.05, 0.1) is 12.6 Å². The minimum Gasteiger partial charge on any atom is -0.464 e. The van der Waals surface area contributed by atoms with Crippen molar-refractivity contribution in [1.82, 2.24) is 10.6 Å². The van der Waals surface area contributed by atoms with Crippen LogP contribution in [0.15, 0.2) is 41.9 Å². The number of esters is 1. The van der Waals surface area contributed by atoms with Crippen molar-refractivity contribution in [2.24, 2.45) is 5.92 Å². The van der Waals surface area contributed by atoms with Crippen molar-refractivity contribution < 1.29 is 19.1 Å². The van der Waals surface area contributed by atoms with Gasteiger partial charge in [-0.1, -0.05) is 55.9 Å². The second-order valence-corrected chi connectivity index (χ2v) is 7.56. The quantitative estimate of drug-likeness (QED) is 0.675. The molecule has 2 rings (SSSR count). The highest BCUT2D eigenvalue weighted by Crippen LogP contribution is 2.36. The SMILES string of the molecule is CCOC(=O)C1([C@H](CC(C)C)NC(=O)OCc2ccccc2)NC=CS1. The Hall–Kier alpha value is -2.15. The lowest BCUT2D eigenvalue weighted by atomic mass is 9.96. The molecule has 1 aliphatic rings. The molecule has 0 aliphatic carbocycles. The second kappa shape index (κ2) is 9.52. The largest absolute Gasteiger partial charge is 0.464 e. The van der Waals surface area contributed by atoms with E-state index in [-0.39, 0.29) is 19.1 Å². The van der Waals surface area contributed by atoms with E-state index in [9.17, 15) is 9.59 Å². The minimum atomic E-state index is -1.08. The number of nitrogens with one attached hydrogen (secondary N) is 2. The molecule has 2 atom stereocenters. The number of benzene rings is 1. The molecule has 0 saturated carbocycles. The highest BCUT2D eigenvalue weighted by Gasteiger charge is 2.49. The van der Waals surface area contributed by atoms with Crippen LogP contribution in [-0.4, -0.2) is 29.6 Å². The van der Waals surface area contributed by atoms with Gasteiger partial charge in [0.15, 0.2) is 0 Å². The van der Waals surface area contributed by atoms with E-state index in [0.717, 1.165) is 5.56 Å². The molecule has 1 aromatic carbocycles. The highest BCUT2D eigenvalue weighted by atomic mass is 32.2. The fourth-order valence-corrected chi connectivity index (χ4v) is 3.67. The topological polar surface area (TPSA) is 76.7 Å². The summed E-state index contributed by atoms with van der Waals surface area (Å²) in [6.07, 6.45) is 1.74. The van der Waals surface area contributed by atoms with Gasteiger partial charge < -0.3 is 20.1 Å². The Morgan fingerprint density at radius 3 is 2.54 bits per heavy atom. The van der Waals surface area contributed by atoms with Gasteiger partial charge in [0.1, 0.15) is 6.61 Å². The summed E-state index contributed by atoms with van der Waals surface area (Å²) in [7, 11) is 0. The van der Waals surface area contributed by atoms with Gasteiger partial charge in [0.25, 0.3) is 0 Å². The zero-order valence-corrected chi connectivity index (χ0v) is 16.2. The first-order valence-electron chi connectivity index (χ1n) is 8.73. The van der Waals surface area contributed by atoms with E-state index < -0.39 is 23.0 Å². The van der Waals surface area contributed by atoms with Gasteiger partial charge in [-0.25, -0.2) is 9.59 Å². The Morgan fingerprint density at radius 2 is 1.96 bits per heavy atom. The van der Waals surface area contributed by atoms with E-state index in [2.05, 4.69) is 10.6 Å². The molecular weight excluding hydrogens is 352 g/mol. The van der Waals surface area contributed by atoms with E-state index >= 15 is 0 Å². The molecule has 0 bridgehead atoms. The maximum Gasteiger partial charge on any atom is 0.407 e. The summed E-state index contributed by atoms with van der Waals surface area (Å²) in [5.74, 6) is -0.132. The Bertz CT molecular complexity index is 626. The van der Waals surface area contributed by atoms with Crippen LogP contribution < -0.4 is 10.6 Å². The molecule has 142 valence electrons. The summed E-state index contributed by atoms with van der Waals surface area (Å²) in [6.45, 7) is 6.28. The van der Waals surface area contributed by atoms with Gasteiger partial charge >= 0.3 is 12.1 Å². The van der Waals surface area contributed by atoms with E-state index in [0.29, 0.717) is 6.42 Å². The molecule has 2 N–H and O–H groups in total. The molecule has 0 fully saturated rings. The van der Waals surface area contributed by atoms with E-state index in [1.54, 1.807) is 18.5 Å². The molecule has 0 saturated heterocycles. The number of carbonyl (C=O) groups excluding carboxylic acids is 2. The Labute approximate surface area is 158 Å². The van der Waals surface area contributed by atoms with Crippen LogP contribution in [0.4, 0.5) is 4.79 Å². The molecule has 6 nitrogen and oxygen atoms in total. The summed E-state index contributed by atoms with van der Waals surface area (Å²) in [4.78, 5) is 23.9. The summed E-state index contributed by atoms with van der Waals surface area (Å²) >= 11 is 1.31. The molecule has 7 heteroatoms. The summed E-state index contributed by atoms with van der Waals surface area (Å²) in [5, 5.41) is 7.73. The van der Waals surface area contributed by atoms with Gasteiger partial charge in [0.2, 0.25) is 4.87 Å². The van der Waals surface area contributed by atoms with Crippen LogP contribution in [0, 0.1) is 5.92 Å². The maximum absolute atomic E-state index is 12.6. The summed E-state index contributed by atoms with van der Waals surface area (Å²) < 4.78 is 10.6. The van der Waals surface area contributed by atoms with Crippen LogP contribution in [0.25, 0.3) is 0 Å². The van der Waals surface area contributed by atoms with Crippen LogP contribution in [0.3, 0.4) is 0 Å². The number of hydrogen-bond acceptors (Lipinski definition) is 6. The number of ether oxygens (including phenoxy) is 2. The monoisotopic (exact) mass is 378 g/mol. The van der Waals surface area contributed by atoms with Crippen LogP contribution in [0.1, 0.15) is 32.8 Å². The predicted octanol–water partition coefficient (Wildman–Crippen LogP) is 3.39. The Balaban J connectivity index is 2.07. The summed E-state index contributed by atoms with van der Waals surface area (Å²) in [6, 6.07) is 8.97. The van der Waals surface area contributed by atoms with Crippen LogP contribution in [-0.2, 0) is 20.9 Å². The lowest BCUT2D eigenvalue weighted by Crippen LogP contribution is -2.61. The second-order valence-electron chi connectivity index (χ2n) is 6.41. The molecule has 26 heavy (non-hydrogen) atoms. The van der Waals surface area contributed by atoms with Gasteiger partial charge in [0, 0.05) is 6.20 Å². The molecule has 1 aliphatic heterocycles. The minimum absolute atomic E-state index is 0.173. The molecule has 1 amide bonds. The number of thioether (sulfide) groups is 1. The Morgan fingerprint density at radius 1 is 1.23 bits per heavy atom. The fraction of sp³-hybridized carbons (Fsp3) is 0.474. The fourth-order valence-electron chi connectivity index (χ4n) is 2.71. The molecule has 1 unspecified atom stereocenters. The predicted molar refractivity (Wildman–Crippen MR) is 102 cm³/mol. The number of hydrogen-bond donors (Lipinski definition) is 2. The van der Waals surface area contributed by atoms with E-state index in [1.165, 1.54) is 11.8 Å². The van der Waals surface area contributed by atoms with E-state index in [1.807, 2.05) is 44.2 Å². The third kappa shape index (κ3) is 5.17.